The van der Waals surface area contributed by atoms with E-state index in [0.717, 1.165) is 41.7 Å². The van der Waals surface area contributed by atoms with E-state index in [2.05, 4.69) is 4.98 Å². The number of benzene rings is 1. The van der Waals surface area contributed by atoms with Crippen LogP contribution in [0.1, 0.15) is 40.9 Å². The highest BCUT2D eigenvalue weighted by Crippen LogP contribution is 2.42. The second kappa shape index (κ2) is 5.81. The summed E-state index contributed by atoms with van der Waals surface area (Å²) in [6, 6.07) is 8.25. The number of hydrogen-bond donors (Lipinski definition) is 2. The van der Waals surface area contributed by atoms with Crippen LogP contribution in [-0.4, -0.2) is 21.2 Å². The number of carboxylic acids is 1. The Hall–Kier alpha value is -2.33. The van der Waals surface area contributed by atoms with Crippen molar-refractivity contribution in [2.45, 2.75) is 19.3 Å². The van der Waals surface area contributed by atoms with E-state index < -0.39 is 5.97 Å². The molecule has 0 saturated carbocycles. The Kier molecular flexibility index (Phi) is 3.86. The van der Waals surface area contributed by atoms with Crippen molar-refractivity contribution in [2.24, 2.45) is 0 Å². The standard InChI is InChI=1S/C17H14ClNO3/c18-11-5-7-16(20)14(8-11)12-2-1-3-13(12)15-6-4-10(9-19-15)17(21)22/h4-9,20H,1-3H2,(H,21,22). The fraction of sp³-hybridized carbons (Fsp3) is 0.176. The molecule has 1 aromatic carbocycles. The van der Waals surface area contributed by atoms with E-state index in [1.807, 2.05) is 0 Å². The number of aromatic hydroxyl groups is 1. The molecule has 1 heterocycles. The molecule has 5 heteroatoms. The maximum absolute atomic E-state index is 10.9. The third kappa shape index (κ3) is 2.70. The highest BCUT2D eigenvalue weighted by Gasteiger charge is 2.21. The van der Waals surface area contributed by atoms with E-state index in [4.69, 9.17) is 16.7 Å². The predicted molar refractivity (Wildman–Crippen MR) is 85.0 cm³/mol. The molecule has 0 radical (unpaired) electrons. The van der Waals surface area contributed by atoms with Crippen LogP contribution in [0, 0.1) is 0 Å². The number of pyridine rings is 1. The van der Waals surface area contributed by atoms with Crippen LogP contribution in [0.3, 0.4) is 0 Å². The summed E-state index contributed by atoms with van der Waals surface area (Å²) in [6.07, 6.45) is 4.02. The molecule has 3 rings (SSSR count). The number of phenols is 1. The van der Waals surface area contributed by atoms with Gasteiger partial charge in [-0.3, -0.25) is 4.98 Å². The Bertz CT molecular complexity index is 766. The van der Waals surface area contributed by atoms with E-state index >= 15 is 0 Å². The van der Waals surface area contributed by atoms with Crippen LogP contribution in [0.2, 0.25) is 5.02 Å². The average molecular weight is 316 g/mol. The van der Waals surface area contributed by atoms with Crippen LogP contribution < -0.4 is 0 Å². The van der Waals surface area contributed by atoms with Gasteiger partial charge in [0.15, 0.2) is 0 Å². The Labute approximate surface area is 132 Å². The Morgan fingerprint density at radius 3 is 2.59 bits per heavy atom. The topological polar surface area (TPSA) is 70.4 Å². The monoisotopic (exact) mass is 315 g/mol. The maximum Gasteiger partial charge on any atom is 0.337 e. The second-order valence-electron chi connectivity index (χ2n) is 5.21. The van der Waals surface area contributed by atoms with Gasteiger partial charge in [-0.15, -0.1) is 0 Å². The lowest BCUT2D eigenvalue weighted by Gasteiger charge is -2.10. The molecule has 0 saturated heterocycles. The first-order chi connectivity index (χ1) is 10.6. The van der Waals surface area contributed by atoms with E-state index in [-0.39, 0.29) is 11.3 Å². The number of hydrogen-bond acceptors (Lipinski definition) is 3. The van der Waals surface area contributed by atoms with Gasteiger partial charge >= 0.3 is 5.97 Å². The molecule has 1 aromatic heterocycles. The predicted octanol–water partition coefficient (Wildman–Crippen LogP) is 4.23. The van der Waals surface area contributed by atoms with Gasteiger partial charge in [0.05, 0.1) is 11.3 Å². The van der Waals surface area contributed by atoms with Crippen molar-refractivity contribution < 1.29 is 15.0 Å². The van der Waals surface area contributed by atoms with Crippen molar-refractivity contribution in [3.05, 3.63) is 58.4 Å². The number of nitrogens with zero attached hydrogens (tertiary/aromatic N) is 1. The first-order valence-electron chi connectivity index (χ1n) is 6.97. The number of rotatable bonds is 3. The summed E-state index contributed by atoms with van der Waals surface area (Å²) >= 11 is 6.03. The smallest absolute Gasteiger partial charge is 0.337 e. The third-order valence-electron chi connectivity index (χ3n) is 3.82. The number of allylic oxidation sites excluding steroid dienone is 2. The molecule has 0 unspecified atom stereocenters. The Balaban J connectivity index is 2.07. The number of aromatic nitrogens is 1. The molecule has 112 valence electrons. The third-order valence-corrected chi connectivity index (χ3v) is 4.06. The minimum absolute atomic E-state index is 0.162. The molecule has 1 aliphatic rings. The fourth-order valence-corrected chi connectivity index (χ4v) is 2.94. The van der Waals surface area contributed by atoms with Gasteiger partial charge in [0.25, 0.3) is 0 Å². The quantitative estimate of drug-likeness (QED) is 0.889. The second-order valence-corrected chi connectivity index (χ2v) is 5.65. The highest BCUT2D eigenvalue weighted by molar-refractivity contribution is 6.30. The molecule has 0 atom stereocenters. The lowest BCUT2D eigenvalue weighted by atomic mass is 9.99. The van der Waals surface area contributed by atoms with Crippen molar-refractivity contribution >= 4 is 28.7 Å². The van der Waals surface area contributed by atoms with Gasteiger partial charge in [-0.2, -0.15) is 0 Å². The van der Waals surface area contributed by atoms with Gasteiger partial charge in [-0.1, -0.05) is 11.6 Å². The lowest BCUT2D eigenvalue weighted by Crippen LogP contribution is -1.98. The average Bonchev–Trinajstić information content (AvgIpc) is 2.99. The lowest BCUT2D eigenvalue weighted by molar-refractivity contribution is 0.0696. The number of halogens is 1. The van der Waals surface area contributed by atoms with Crippen molar-refractivity contribution in [1.29, 1.82) is 0 Å². The molecular formula is C17H14ClNO3. The molecular weight excluding hydrogens is 302 g/mol. The Morgan fingerprint density at radius 2 is 1.91 bits per heavy atom. The minimum Gasteiger partial charge on any atom is -0.507 e. The van der Waals surface area contributed by atoms with Crippen LogP contribution in [-0.2, 0) is 0 Å². The zero-order valence-corrected chi connectivity index (χ0v) is 12.5. The zero-order chi connectivity index (χ0) is 15.7. The fourth-order valence-electron chi connectivity index (χ4n) is 2.77. The van der Waals surface area contributed by atoms with Crippen molar-refractivity contribution in [2.75, 3.05) is 0 Å². The van der Waals surface area contributed by atoms with Crippen molar-refractivity contribution in [3.63, 3.8) is 0 Å². The van der Waals surface area contributed by atoms with Gasteiger partial charge < -0.3 is 10.2 Å². The van der Waals surface area contributed by atoms with Crippen LogP contribution in [0.25, 0.3) is 11.1 Å². The molecule has 0 spiro atoms. The largest absolute Gasteiger partial charge is 0.507 e. The number of carbonyl (C=O) groups is 1. The summed E-state index contributed by atoms with van der Waals surface area (Å²) in [6.45, 7) is 0. The molecule has 1 aliphatic carbocycles. The van der Waals surface area contributed by atoms with Crippen molar-refractivity contribution in [3.8, 4) is 5.75 Å². The molecule has 2 N–H and O–H groups in total. The SMILES string of the molecule is O=C(O)c1ccc(C2=C(c3cc(Cl)ccc3O)CCC2)nc1. The Morgan fingerprint density at radius 1 is 1.14 bits per heavy atom. The van der Waals surface area contributed by atoms with Gasteiger partial charge in [-0.05, 0) is 60.7 Å². The van der Waals surface area contributed by atoms with Crippen LogP contribution in [0.4, 0.5) is 0 Å². The van der Waals surface area contributed by atoms with E-state index in [1.54, 1.807) is 30.3 Å². The summed E-state index contributed by atoms with van der Waals surface area (Å²) < 4.78 is 0. The summed E-state index contributed by atoms with van der Waals surface area (Å²) in [5, 5.41) is 19.6. The highest BCUT2D eigenvalue weighted by atomic mass is 35.5. The van der Waals surface area contributed by atoms with E-state index in [1.165, 1.54) is 6.20 Å². The van der Waals surface area contributed by atoms with Gasteiger partial charge in [0.1, 0.15) is 5.75 Å². The van der Waals surface area contributed by atoms with Crippen LogP contribution in [0.5, 0.6) is 5.75 Å². The molecule has 0 fully saturated rings. The molecule has 22 heavy (non-hydrogen) atoms. The minimum atomic E-state index is -0.993. The first kappa shape index (κ1) is 14.6. The van der Waals surface area contributed by atoms with Gasteiger partial charge in [0, 0.05) is 16.8 Å². The van der Waals surface area contributed by atoms with Crippen LogP contribution in [0.15, 0.2) is 36.5 Å². The number of aromatic carboxylic acids is 1. The first-order valence-corrected chi connectivity index (χ1v) is 7.34. The summed E-state index contributed by atoms with van der Waals surface area (Å²) in [7, 11) is 0. The molecule has 0 aliphatic heterocycles. The molecule has 2 aromatic rings. The molecule has 4 nitrogen and oxygen atoms in total. The summed E-state index contributed by atoms with van der Waals surface area (Å²) in [5.74, 6) is -0.798. The number of phenolic OH excluding ortho intramolecular Hbond substituents is 1. The van der Waals surface area contributed by atoms with Crippen molar-refractivity contribution in [1.82, 2.24) is 4.98 Å². The van der Waals surface area contributed by atoms with Crippen LogP contribution >= 0.6 is 11.6 Å². The summed E-state index contributed by atoms with van der Waals surface area (Å²) in [4.78, 5) is 15.2. The van der Waals surface area contributed by atoms with E-state index in [0.29, 0.717) is 5.02 Å². The molecule has 0 bridgehead atoms. The maximum atomic E-state index is 10.9. The van der Waals surface area contributed by atoms with Gasteiger partial charge in [0.2, 0.25) is 0 Å². The zero-order valence-electron chi connectivity index (χ0n) is 11.7. The molecule has 0 amide bonds. The van der Waals surface area contributed by atoms with E-state index in [9.17, 15) is 9.90 Å². The van der Waals surface area contributed by atoms with Gasteiger partial charge in [-0.25, -0.2) is 4.79 Å². The summed E-state index contributed by atoms with van der Waals surface area (Å²) in [5.41, 5.74) is 3.69. The normalized spacial score (nSPS) is 14.4. The number of carboxylic acid groups (broad SMARTS) is 1.